The van der Waals surface area contributed by atoms with Crippen molar-refractivity contribution in [3.8, 4) is 0 Å². The summed E-state index contributed by atoms with van der Waals surface area (Å²) in [4.78, 5) is 27.7. The maximum atomic E-state index is 11.9. The second kappa shape index (κ2) is 8.37. The zero-order valence-electron chi connectivity index (χ0n) is 12.4. The molecule has 2 aromatic rings. The van der Waals surface area contributed by atoms with Gasteiger partial charge in [0.05, 0.1) is 6.42 Å². The molecular weight excluding hydrogens is 407 g/mol. The van der Waals surface area contributed by atoms with E-state index in [0.29, 0.717) is 17.1 Å². The third kappa shape index (κ3) is 5.78. The molecule has 0 atom stereocenters. The molecule has 0 saturated heterocycles. The number of hydrogen-bond acceptors (Lipinski definition) is 4. The third-order valence-electron chi connectivity index (χ3n) is 2.80. The van der Waals surface area contributed by atoms with Crippen LogP contribution in [0, 0.1) is 3.57 Å². The average molecular weight is 422 g/mol. The van der Waals surface area contributed by atoms with Crippen molar-refractivity contribution in [2.45, 2.75) is 13.3 Å². The Morgan fingerprint density at radius 2 is 1.91 bits per heavy atom. The number of benzene rings is 1. The Kier molecular flexibility index (Phi) is 6.21. The summed E-state index contributed by atoms with van der Waals surface area (Å²) in [5.41, 5.74) is 3.45. The van der Waals surface area contributed by atoms with Gasteiger partial charge in [0.2, 0.25) is 5.91 Å². The first-order valence-electron chi connectivity index (χ1n) is 6.84. The van der Waals surface area contributed by atoms with Crippen molar-refractivity contribution in [3.63, 3.8) is 0 Å². The second-order valence-corrected chi connectivity index (χ2v) is 5.98. The van der Waals surface area contributed by atoms with E-state index in [1.54, 1.807) is 43.5 Å². The van der Waals surface area contributed by atoms with Crippen molar-refractivity contribution in [3.05, 3.63) is 57.8 Å². The van der Waals surface area contributed by atoms with Crippen LogP contribution in [0.2, 0.25) is 0 Å². The molecule has 118 valence electrons. The Morgan fingerprint density at radius 1 is 1.17 bits per heavy atom. The van der Waals surface area contributed by atoms with E-state index in [1.165, 1.54) is 0 Å². The summed E-state index contributed by atoms with van der Waals surface area (Å²) in [6, 6.07) is 12.4. The molecule has 0 bridgehead atoms. The molecule has 2 N–H and O–H groups in total. The molecule has 23 heavy (non-hydrogen) atoms. The molecule has 0 aliphatic rings. The lowest BCUT2D eigenvalue weighted by Crippen LogP contribution is -2.21. The summed E-state index contributed by atoms with van der Waals surface area (Å²) in [7, 11) is 0. The maximum Gasteiger partial charge on any atom is 0.271 e. The third-order valence-corrected chi connectivity index (χ3v) is 3.52. The summed E-state index contributed by atoms with van der Waals surface area (Å²) in [5.74, 6) is -0.0763. The normalized spacial score (nSPS) is 11.0. The fraction of sp³-hybridized carbons (Fsp3) is 0.125. The van der Waals surface area contributed by atoms with Crippen LogP contribution >= 0.6 is 22.6 Å². The van der Waals surface area contributed by atoms with Gasteiger partial charge in [-0.2, -0.15) is 5.10 Å². The summed E-state index contributed by atoms with van der Waals surface area (Å²) >= 11 is 2.17. The van der Waals surface area contributed by atoms with Gasteiger partial charge in [-0.15, -0.1) is 0 Å². The molecule has 2 amide bonds. The Labute approximate surface area is 147 Å². The van der Waals surface area contributed by atoms with Gasteiger partial charge in [0.25, 0.3) is 5.91 Å². The fourth-order valence-electron chi connectivity index (χ4n) is 1.71. The van der Waals surface area contributed by atoms with Gasteiger partial charge in [-0.25, -0.2) is 10.4 Å². The van der Waals surface area contributed by atoms with Crippen molar-refractivity contribution < 1.29 is 9.59 Å². The van der Waals surface area contributed by atoms with Crippen LogP contribution in [0.3, 0.4) is 0 Å². The molecule has 0 radical (unpaired) electrons. The van der Waals surface area contributed by atoms with Crippen molar-refractivity contribution in [2.75, 3.05) is 5.32 Å². The Hall–Kier alpha value is -2.29. The van der Waals surface area contributed by atoms with E-state index in [1.807, 2.05) is 12.1 Å². The van der Waals surface area contributed by atoms with E-state index < -0.39 is 0 Å². The first kappa shape index (κ1) is 17.1. The van der Waals surface area contributed by atoms with Gasteiger partial charge in [-0.1, -0.05) is 6.07 Å². The highest BCUT2D eigenvalue weighted by atomic mass is 127. The minimum Gasteiger partial charge on any atom is -0.310 e. The van der Waals surface area contributed by atoms with Crippen molar-refractivity contribution >= 4 is 45.9 Å². The van der Waals surface area contributed by atoms with E-state index in [4.69, 9.17) is 0 Å². The Bertz CT molecular complexity index is 715. The molecular formula is C16H15IN4O2. The van der Waals surface area contributed by atoms with Crippen LogP contribution < -0.4 is 10.7 Å². The number of pyridine rings is 1. The number of carbonyl (C=O) groups excluding carboxylic acids is 2. The van der Waals surface area contributed by atoms with Gasteiger partial charge in [-0.3, -0.25) is 9.59 Å². The van der Waals surface area contributed by atoms with Crippen molar-refractivity contribution in [1.29, 1.82) is 0 Å². The van der Waals surface area contributed by atoms with Crippen molar-refractivity contribution in [2.24, 2.45) is 5.10 Å². The number of rotatable bonds is 5. The summed E-state index contributed by atoms with van der Waals surface area (Å²) in [5, 5.41) is 6.59. The number of amides is 2. The van der Waals surface area contributed by atoms with E-state index >= 15 is 0 Å². The lowest BCUT2D eigenvalue weighted by Gasteiger charge is -2.05. The van der Waals surface area contributed by atoms with Crippen LogP contribution in [0.1, 0.15) is 23.7 Å². The predicted molar refractivity (Wildman–Crippen MR) is 97.2 cm³/mol. The van der Waals surface area contributed by atoms with E-state index in [2.05, 4.69) is 43.4 Å². The van der Waals surface area contributed by atoms with Crippen LogP contribution in [0.5, 0.6) is 0 Å². The number of anilines is 1. The molecule has 1 aromatic heterocycles. The van der Waals surface area contributed by atoms with Gasteiger partial charge >= 0.3 is 0 Å². The highest BCUT2D eigenvalue weighted by Crippen LogP contribution is 2.06. The van der Waals surface area contributed by atoms with Gasteiger partial charge < -0.3 is 5.32 Å². The number of aromatic nitrogens is 1. The summed E-state index contributed by atoms with van der Waals surface area (Å²) in [6.45, 7) is 1.67. The molecule has 0 fully saturated rings. The molecule has 0 saturated carbocycles. The Balaban J connectivity index is 1.86. The maximum absolute atomic E-state index is 11.9. The SMILES string of the molecule is C/C(CC(=O)Nc1ccccn1)=N\NC(=O)c1ccc(I)cc1. The first-order valence-corrected chi connectivity index (χ1v) is 7.92. The molecule has 0 aliphatic heterocycles. The van der Waals surface area contributed by atoms with E-state index in [-0.39, 0.29) is 18.2 Å². The average Bonchev–Trinajstić information content (AvgIpc) is 2.54. The zero-order chi connectivity index (χ0) is 16.7. The van der Waals surface area contributed by atoms with Crippen LogP contribution in [-0.4, -0.2) is 22.5 Å². The predicted octanol–water partition coefficient (Wildman–Crippen LogP) is 2.82. The van der Waals surface area contributed by atoms with Crippen LogP contribution in [0.25, 0.3) is 0 Å². The number of nitrogens with one attached hydrogen (secondary N) is 2. The van der Waals surface area contributed by atoms with Crippen LogP contribution in [0.4, 0.5) is 5.82 Å². The monoisotopic (exact) mass is 422 g/mol. The fourth-order valence-corrected chi connectivity index (χ4v) is 2.07. The van der Waals surface area contributed by atoms with E-state index in [9.17, 15) is 9.59 Å². The standard InChI is InChI=1S/C16H15IN4O2/c1-11(10-15(22)19-14-4-2-3-9-18-14)20-21-16(23)12-5-7-13(17)8-6-12/h2-9H,10H2,1H3,(H,21,23)(H,18,19,22)/b20-11+. The Morgan fingerprint density at radius 3 is 2.57 bits per heavy atom. The minimum atomic E-state index is -0.314. The molecule has 7 heteroatoms. The van der Waals surface area contributed by atoms with Gasteiger partial charge in [-0.05, 0) is 65.9 Å². The smallest absolute Gasteiger partial charge is 0.271 e. The number of hydrazone groups is 1. The topological polar surface area (TPSA) is 83.4 Å². The van der Waals surface area contributed by atoms with Gasteiger partial charge in [0.1, 0.15) is 5.82 Å². The molecule has 0 unspecified atom stereocenters. The first-order chi connectivity index (χ1) is 11.0. The highest BCUT2D eigenvalue weighted by Gasteiger charge is 2.07. The zero-order valence-corrected chi connectivity index (χ0v) is 14.6. The lowest BCUT2D eigenvalue weighted by molar-refractivity contribution is -0.115. The number of nitrogens with zero attached hydrogens (tertiary/aromatic N) is 2. The molecule has 0 spiro atoms. The number of halogens is 1. The van der Waals surface area contributed by atoms with E-state index in [0.717, 1.165) is 3.57 Å². The largest absolute Gasteiger partial charge is 0.310 e. The van der Waals surface area contributed by atoms with Crippen LogP contribution in [-0.2, 0) is 4.79 Å². The molecule has 2 rings (SSSR count). The quantitative estimate of drug-likeness (QED) is 0.442. The minimum absolute atomic E-state index is 0.0730. The summed E-state index contributed by atoms with van der Waals surface area (Å²) in [6.07, 6.45) is 1.67. The molecule has 6 nitrogen and oxygen atoms in total. The van der Waals surface area contributed by atoms with Crippen molar-refractivity contribution in [1.82, 2.24) is 10.4 Å². The second-order valence-electron chi connectivity index (χ2n) is 4.73. The molecule has 1 aromatic carbocycles. The number of hydrogen-bond donors (Lipinski definition) is 2. The van der Waals surface area contributed by atoms with Gasteiger partial charge in [0.15, 0.2) is 0 Å². The lowest BCUT2D eigenvalue weighted by atomic mass is 10.2. The molecule has 0 aliphatic carbocycles. The highest BCUT2D eigenvalue weighted by molar-refractivity contribution is 14.1. The molecule has 1 heterocycles. The number of carbonyl (C=O) groups is 2. The van der Waals surface area contributed by atoms with Gasteiger partial charge in [0, 0.05) is 21.0 Å². The summed E-state index contributed by atoms with van der Waals surface area (Å²) < 4.78 is 1.05. The van der Waals surface area contributed by atoms with Crippen LogP contribution in [0.15, 0.2) is 53.8 Å².